The number of amides is 1. The molecule has 2 atom stereocenters. The van der Waals surface area contributed by atoms with Gasteiger partial charge in [-0.15, -0.1) is 11.3 Å². The van der Waals surface area contributed by atoms with Crippen molar-refractivity contribution < 1.29 is 4.79 Å². The number of rotatable bonds is 3. The number of hydrogen-bond acceptors (Lipinski definition) is 5. The van der Waals surface area contributed by atoms with Gasteiger partial charge in [-0.25, -0.2) is 9.67 Å². The van der Waals surface area contributed by atoms with E-state index in [9.17, 15) is 9.59 Å². The zero-order valence-corrected chi connectivity index (χ0v) is 17.8. The Labute approximate surface area is 164 Å². The molecule has 2 aromatic heterocycles. The van der Waals surface area contributed by atoms with Crippen LogP contribution < -0.4 is 5.56 Å². The van der Waals surface area contributed by atoms with Gasteiger partial charge in [0.05, 0.1) is 17.0 Å². The highest BCUT2D eigenvalue weighted by Gasteiger charge is 2.30. The summed E-state index contributed by atoms with van der Waals surface area (Å²) in [4.78, 5) is 32.9. The maximum Gasteiger partial charge on any atom is 0.277 e. The molecule has 0 bridgehead atoms. The van der Waals surface area contributed by atoms with Crippen molar-refractivity contribution in [2.24, 2.45) is 13.0 Å². The van der Waals surface area contributed by atoms with Crippen LogP contribution in [-0.4, -0.2) is 38.7 Å². The Morgan fingerprint density at radius 1 is 1.19 bits per heavy atom. The summed E-state index contributed by atoms with van der Waals surface area (Å²) in [5, 5.41) is 4.83. The van der Waals surface area contributed by atoms with Crippen LogP contribution in [0.15, 0.2) is 4.79 Å². The Bertz CT molecular complexity index is 931. The first-order valence-corrected chi connectivity index (χ1v) is 10.3. The van der Waals surface area contributed by atoms with E-state index in [1.165, 1.54) is 35.3 Å². The molecule has 0 N–H and O–H groups in total. The minimum absolute atomic E-state index is 0.00950. The van der Waals surface area contributed by atoms with E-state index in [-0.39, 0.29) is 17.5 Å². The van der Waals surface area contributed by atoms with E-state index in [1.54, 1.807) is 7.05 Å². The molecular formula is C20H28N4O2S. The monoisotopic (exact) mass is 388 g/mol. The average Bonchev–Trinajstić information content (AvgIpc) is 3.01. The predicted molar refractivity (Wildman–Crippen MR) is 108 cm³/mol. The Kier molecular flexibility index (Phi) is 5.51. The van der Waals surface area contributed by atoms with Gasteiger partial charge >= 0.3 is 0 Å². The van der Waals surface area contributed by atoms with Gasteiger partial charge in [-0.1, -0.05) is 19.8 Å². The SMILES string of the molecule is Cc1nc(-c2c(C)c(C)nn(C)c2=O)sc1C(=O)N(C)[C@@H]1CCCC[C@H]1C. The quantitative estimate of drug-likeness (QED) is 0.807. The Balaban J connectivity index is 1.98. The van der Waals surface area contributed by atoms with Crippen LogP contribution in [0.2, 0.25) is 0 Å². The lowest BCUT2D eigenvalue weighted by Gasteiger charge is -2.36. The predicted octanol–water partition coefficient (Wildman–Crippen LogP) is 3.48. The average molecular weight is 389 g/mol. The van der Waals surface area contributed by atoms with Crippen molar-refractivity contribution in [1.29, 1.82) is 0 Å². The molecule has 0 unspecified atom stereocenters. The molecule has 3 rings (SSSR count). The van der Waals surface area contributed by atoms with Crippen molar-refractivity contribution in [2.75, 3.05) is 7.05 Å². The maximum atomic E-state index is 13.2. The molecule has 27 heavy (non-hydrogen) atoms. The van der Waals surface area contributed by atoms with Crippen molar-refractivity contribution in [3.05, 3.63) is 32.2 Å². The topological polar surface area (TPSA) is 68.1 Å². The molecule has 6 nitrogen and oxygen atoms in total. The molecule has 2 heterocycles. The van der Waals surface area contributed by atoms with Gasteiger partial charge in [0.15, 0.2) is 0 Å². The number of carbonyl (C=O) groups excluding carboxylic acids is 1. The van der Waals surface area contributed by atoms with E-state index < -0.39 is 0 Å². The van der Waals surface area contributed by atoms with Crippen molar-refractivity contribution >= 4 is 17.2 Å². The highest BCUT2D eigenvalue weighted by atomic mass is 32.1. The fourth-order valence-corrected chi connectivity index (χ4v) is 5.13. The summed E-state index contributed by atoms with van der Waals surface area (Å²) in [7, 11) is 3.54. The summed E-state index contributed by atoms with van der Waals surface area (Å²) in [6, 6.07) is 0.272. The second kappa shape index (κ2) is 7.54. The number of aryl methyl sites for hydroxylation is 3. The third-order valence-electron chi connectivity index (χ3n) is 5.81. The highest BCUT2D eigenvalue weighted by molar-refractivity contribution is 7.17. The summed E-state index contributed by atoms with van der Waals surface area (Å²) >= 11 is 1.32. The minimum atomic E-state index is -0.180. The van der Waals surface area contributed by atoms with E-state index in [1.807, 2.05) is 32.7 Å². The molecular weight excluding hydrogens is 360 g/mol. The fourth-order valence-electron chi connectivity index (χ4n) is 3.99. The zero-order chi connectivity index (χ0) is 19.9. The zero-order valence-electron chi connectivity index (χ0n) is 17.0. The minimum Gasteiger partial charge on any atom is -0.338 e. The number of nitrogens with zero attached hydrogens (tertiary/aromatic N) is 4. The van der Waals surface area contributed by atoms with Crippen molar-refractivity contribution in [2.45, 2.75) is 59.4 Å². The molecule has 1 aliphatic rings. The summed E-state index contributed by atoms with van der Waals surface area (Å²) < 4.78 is 1.34. The second-order valence-electron chi connectivity index (χ2n) is 7.69. The Hall–Kier alpha value is -2.02. The standard InChI is InChI=1S/C20H28N4O2S/c1-11-9-7-8-10-15(11)23(5)20(26)17-14(4)21-18(27-17)16-12(2)13(3)22-24(6)19(16)25/h11,15H,7-10H2,1-6H3/t11-,15-/m1/s1. The van der Waals surface area contributed by atoms with Crippen LogP contribution in [0.1, 0.15) is 59.2 Å². The van der Waals surface area contributed by atoms with Gasteiger partial charge in [-0.3, -0.25) is 9.59 Å². The number of aromatic nitrogens is 3. The van der Waals surface area contributed by atoms with E-state index in [2.05, 4.69) is 17.0 Å². The van der Waals surface area contributed by atoms with Crippen LogP contribution in [0.25, 0.3) is 10.6 Å². The number of carbonyl (C=O) groups is 1. The largest absolute Gasteiger partial charge is 0.338 e. The summed E-state index contributed by atoms with van der Waals surface area (Å²) in [6.07, 6.45) is 4.64. The summed E-state index contributed by atoms with van der Waals surface area (Å²) in [6.45, 7) is 7.83. The highest BCUT2D eigenvalue weighted by Crippen LogP contribution is 2.32. The molecule has 7 heteroatoms. The van der Waals surface area contributed by atoms with Crippen LogP contribution in [0, 0.1) is 26.7 Å². The molecule has 0 saturated heterocycles. The first-order chi connectivity index (χ1) is 12.7. The van der Waals surface area contributed by atoms with E-state index in [0.717, 1.165) is 17.7 Å². The van der Waals surface area contributed by atoms with Crippen molar-refractivity contribution in [3.63, 3.8) is 0 Å². The van der Waals surface area contributed by atoms with Crippen molar-refractivity contribution in [1.82, 2.24) is 19.7 Å². The number of hydrogen-bond donors (Lipinski definition) is 0. The lowest BCUT2D eigenvalue weighted by molar-refractivity contribution is 0.0633. The molecule has 0 aromatic carbocycles. The van der Waals surface area contributed by atoms with Gasteiger partial charge in [-0.2, -0.15) is 5.10 Å². The molecule has 1 amide bonds. The first kappa shape index (κ1) is 19.7. The third kappa shape index (κ3) is 3.57. The lowest BCUT2D eigenvalue weighted by atomic mass is 9.85. The molecule has 1 fully saturated rings. The van der Waals surface area contributed by atoms with Crippen LogP contribution >= 0.6 is 11.3 Å². The molecule has 0 radical (unpaired) electrons. The molecule has 0 spiro atoms. The molecule has 1 aliphatic carbocycles. The van der Waals surface area contributed by atoms with Crippen molar-refractivity contribution in [3.8, 4) is 10.6 Å². The van der Waals surface area contributed by atoms with Crippen LogP contribution in [0.4, 0.5) is 0 Å². The van der Waals surface area contributed by atoms with Gasteiger partial charge < -0.3 is 4.90 Å². The molecule has 1 saturated carbocycles. The Morgan fingerprint density at radius 3 is 2.52 bits per heavy atom. The smallest absolute Gasteiger partial charge is 0.277 e. The molecule has 0 aliphatic heterocycles. The lowest BCUT2D eigenvalue weighted by Crippen LogP contribution is -2.42. The van der Waals surface area contributed by atoms with E-state index in [4.69, 9.17) is 0 Å². The molecule has 2 aromatic rings. The summed E-state index contributed by atoms with van der Waals surface area (Å²) in [5.74, 6) is 0.521. The third-order valence-corrected chi connectivity index (χ3v) is 6.98. The van der Waals surface area contributed by atoms with E-state index in [0.29, 0.717) is 27.1 Å². The maximum absolute atomic E-state index is 13.2. The second-order valence-corrected chi connectivity index (χ2v) is 8.69. The van der Waals surface area contributed by atoms with Gasteiger partial charge in [0.2, 0.25) is 0 Å². The number of thiazole rings is 1. The van der Waals surface area contributed by atoms with Gasteiger partial charge in [0.25, 0.3) is 11.5 Å². The first-order valence-electron chi connectivity index (χ1n) is 9.51. The molecule has 146 valence electrons. The van der Waals surface area contributed by atoms with Crippen LogP contribution in [0.5, 0.6) is 0 Å². The van der Waals surface area contributed by atoms with Gasteiger partial charge in [0, 0.05) is 20.1 Å². The normalized spacial score (nSPS) is 19.9. The van der Waals surface area contributed by atoms with E-state index >= 15 is 0 Å². The van der Waals surface area contributed by atoms with Gasteiger partial charge in [-0.05, 0) is 45.1 Å². The summed E-state index contributed by atoms with van der Waals surface area (Å²) in [5.41, 5.74) is 2.67. The Morgan fingerprint density at radius 2 is 1.85 bits per heavy atom. The fraction of sp³-hybridized carbons (Fsp3) is 0.600. The van der Waals surface area contributed by atoms with Gasteiger partial charge in [0.1, 0.15) is 9.88 Å². The van der Waals surface area contributed by atoms with Crippen LogP contribution in [0.3, 0.4) is 0 Å². The van der Waals surface area contributed by atoms with Crippen LogP contribution in [-0.2, 0) is 7.05 Å².